The molecule has 4 heterocycles. The number of benzene rings is 3. The SMILES string of the molecule is Fc1ccc(N(c2ccc(Br)cc2)C2CCN(c3nc(N4CCOCC4)nc(-n4c(C(F)F)nc5ccccc54)n3)CC2)cc1. The van der Waals surface area contributed by atoms with Crippen molar-refractivity contribution in [1.82, 2.24) is 24.5 Å². The third-order valence-electron chi connectivity index (χ3n) is 8.20. The molecule has 0 saturated carbocycles. The first-order valence-corrected chi connectivity index (χ1v) is 15.6. The number of fused-ring (bicyclic) bond motifs is 1. The average Bonchev–Trinajstić information content (AvgIpc) is 3.47. The summed E-state index contributed by atoms with van der Waals surface area (Å²) in [6.45, 7) is 3.45. The summed E-state index contributed by atoms with van der Waals surface area (Å²) in [6.07, 6.45) is -1.30. The molecule has 2 aromatic heterocycles. The second-order valence-electron chi connectivity index (χ2n) is 11.0. The third-order valence-corrected chi connectivity index (χ3v) is 8.73. The van der Waals surface area contributed by atoms with E-state index in [1.807, 2.05) is 29.2 Å². The van der Waals surface area contributed by atoms with Gasteiger partial charge >= 0.3 is 0 Å². The molecule has 2 aliphatic heterocycles. The molecule has 0 atom stereocenters. The molecule has 3 aromatic carbocycles. The van der Waals surface area contributed by atoms with E-state index in [2.05, 4.69) is 30.7 Å². The number of imidazole rings is 1. The van der Waals surface area contributed by atoms with Gasteiger partial charge in [0.1, 0.15) is 5.82 Å². The highest BCUT2D eigenvalue weighted by Crippen LogP contribution is 2.34. The monoisotopic (exact) mass is 678 g/mol. The highest BCUT2D eigenvalue weighted by atomic mass is 79.9. The normalized spacial score (nSPS) is 16.1. The van der Waals surface area contributed by atoms with Crippen LogP contribution in [0.5, 0.6) is 0 Å². The maximum absolute atomic E-state index is 14.3. The van der Waals surface area contributed by atoms with E-state index in [1.54, 1.807) is 36.4 Å². The van der Waals surface area contributed by atoms with Gasteiger partial charge in [-0.25, -0.2) is 18.2 Å². The Balaban J connectivity index is 1.23. The van der Waals surface area contributed by atoms with Crippen molar-refractivity contribution in [2.24, 2.45) is 0 Å². The minimum Gasteiger partial charge on any atom is -0.378 e. The molecule has 0 spiro atoms. The van der Waals surface area contributed by atoms with Crippen molar-refractivity contribution in [2.45, 2.75) is 25.3 Å². The molecular formula is C32H30BrF3N8O. The maximum Gasteiger partial charge on any atom is 0.296 e. The van der Waals surface area contributed by atoms with Crippen LogP contribution in [0.15, 0.2) is 77.3 Å². The van der Waals surface area contributed by atoms with Gasteiger partial charge in [-0.2, -0.15) is 15.0 Å². The third kappa shape index (κ3) is 6.06. The van der Waals surface area contributed by atoms with Gasteiger partial charge in [0.25, 0.3) is 6.43 Å². The summed E-state index contributed by atoms with van der Waals surface area (Å²) in [5.74, 6) is 0.252. The van der Waals surface area contributed by atoms with Crippen LogP contribution in [-0.4, -0.2) is 69.9 Å². The van der Waals surface area contributed by atoms with Crippen molar-refractivity contribution in [3.05, 3.63) is 88.9 Å². The van der Waals surface area contributed by atoms with Crippen LogP contribution in [0.4, 0.5) is 36.4 Å². The predicted molar refractivity (Wildman–Crippen MR) is 170 cm³/mol. The fourth-order valence-electron chi connectivity index (χ4n) is 5.99. The van der Waals surface area contributed by atoms with Crippen molar-refractivity contribution >= 4 is 50.2 Å². The van der Waals surface area contributed by atoms with E-state index in [0.29, 0.717) is 62.3 Å². The van der Waals surface area contributed by atoms with Crippen molar-refractivity contribution in [1.29, 1.82) is 0 Å². The topological polar surface area (TPSA) is 75.4 Å². The molecule has 45 heavy (non-hydrogen) atoms. The second kappa shape index (κ2) is 12.6. The number of ether oxygens (including phenoxy) is 1. The lowest BCUT2D eigenvalue weighted by molar-refractivity contribution is 0.122. The number of rotatable bonds is 7. The molecule has 0 bridgehead atoms. The summed E-state index contributed by atoms with van der Waals surface area (Å²) in [5, 5.41) is 0. The van der Waals surface area contributed by atoms with E-state index >= 15 is 0 Å². The lowest BCUT2D eigenvalue weighted by Crippen LogP contribution is -2.44. The summed E-state index contributed by atoms with van der Waals surface area (Å²) < 4.78 is 50.3. The Hall–Kier alpha value is -4.23. The first-order valence-electron chi connectivity index (χ1n) is 14.8. The minimum atomic E-state index is -2.82. The van der Waals surface area contributed by atoms with Crippen LogP contribution in [0.2, 0.25) is 0 Å². The van der Waals surface area contributed by atoms with Gasteiger partial charge in [-0.3, -0.25) is 4.57 Å². The first-order chi connectivity index (χ1) is 21.9. The summed E-state index contributed by atoms with van der Waals surface area (Å²) in [4.78, 5) is 24.8. The van der Waals surface area contributed by atoms with E-state index in [0.717, 1.165) is 28.7 Å². The molecule has 0 amide bonds. The van der Waals surface area contributed by atoms with Crippen molar-refractivity contribution in [2.75, 3.05) is 54.1 Å². The number of piperidine rings is 1. The zero-order valence-electron chi connectivity index (χ0n) is 24.2. The highest BCUT2D eigenvalue weighted by Gasteiger charge is 2.30. The second-order valence-corrected chi connectivity index (χ2v) is 11.9. The Morgan fingerprint density at radius 3 is 1.96 bits per heavy atom. The molecule has 2 aliphatic rings. The zero-order chi connectivity index (χ0) is 30.9. The van der Waals surface area contributed by atoms with Crippen LogP contribution in [0.1, 0.15) is 25.1 Å². The Kier molecular flexibility index (Phi) is 8.28. The number of hydrogen-bond donors (Lipinski definition) is 0. The van der Waals surface area contributed by atoms with Gasteiger partial charge in [0, 0.05) is 48.1 Å². The fraction of sp³-hybridized carbons (Fsp3) is 0.312. The van der Waals surface area contributed by atoms with Gasteiger partial charge in [0.15, 0.2) is 5.82 Å². The molecule has 0 N–H and O–H groups in total. The average molecular weight is 680 g/mol. The van der Waals surface area contributed by atoms with Crippen molar-refractivity contribution in [3.63, 3.8) is 0 Å². The van der Waals surface area contributed by atoms with Gasteiger partial charge in [-0.05, 0) is 73.5 Å². The largest absolute Gasteiger partial charge is 0.378 e. The van der Waals surface area contributed by atoms with E-state index in [-0.39, 0.29) is 17.8 Å². The van der Waals surface area contributed by atoms with E-state index in [4.69, 9.17) is 19.7 Å². The molecule has 2 saturated heterocycles. The molecule has 0 unspecified atom stereocenters. The number of nitrogens with zero attached hydrogens (tertiary/aromatic N) is 8. The van der Waals surface area contributed by atoms with Crippen LogP contribution >= 0.6 is 15.9 Å². The number of aromatic nitrogens is 5. The van der Waals surface area contributed by atoms with Gasteiger partial charge < -0.3 is 19.4 Å². The summed E-state index contributed by atoms with van der Waals surface area (Å²) in [5.41, 5.74) is 2.85. The number of anilines is 4. The van der Waals surface area contributed by atoms with Crippen LogP contribution in [0.3, 0.4) is 0 Å². The first kappa shape index (κ1) is 29.5. The van der Waals surface area contributed by atoms with Crippen molar-refractivity contribution in [3.8, 4) is 5.95 Å². The van der Waals surface area contributed by atoms with Crippen LogP contribution in [0, 0.1) is 5.82 Å². The summed E-state index contributed by atoms with van der Waals surface area (Å²) in [6, 6.07) is 21.7. The zero-order valence-corrected chi connectivity index (χ0v) is 25.8. The Bertz CT molecular complexity index is 1730. The molecule has 2 fully saturated rings. The Morgan fingerprint density at radius 1 is 0.733 bits per heavy atom. The predicted octanol–water partition coefficient (Wildman–Crippen LogP) is 6.69. The van der Waals surface area contributed by atoms with Gasteiger partial charge in [0.2, 0.25) is 17.8 Å². The molecule has 5 aromatic rings. The smallest absolute Gasteiger partial charge is 0.296 e. The van der Waals surface area contributed by atoms with Crippen molar-refractivity contribution < 1.29 is 17.9 Å². The lowest BCUT2D eigenvalue weighted by atomic mass is 10.0. The van der Waals surface area contributed by atoms with Crippen LogP contribution < -0.4 is 14.7 Å². The Morgan fingerprint density at radius 2 is 1.31 bits per heavy atom. The number of morpholine rings is 1. The molecule has 0 aliphatic carbocycles. The highest BCUT2D eigenvalue weighted by molar-refractivity contribution is 9.10. The summed E-state index contributed by atoms with van der Waals surface area (Å²) in [7, 11) is 0. The maximum atomic E-state index is 14.3. The number of alkyl halides is 2. The number of halogens is 4. The molecular weight excluding hydrogens is 649 g/mol. The Labute approximate surface area is 266 Å². The van der Waals surface area contributed by atoms with Gasteiger partial charge in [-0.15, -0.1) is 0 Å². The summed E-state index contributed by atoms with van der Waals surface area (Å²) >= 11 is 3.52. The molecule has 9 nitrogen and oxygen atoms in total. The quantitative estimate of drug-likeness (QED) is 0.188. The minimum absolute atomic E-state index is 0.107. The molecule has 0 radical (unpaired) electrons. The van der Waals surface area contributed by atoms with Gasteiger partial charge in [-0.1, -0.05) is 28.1 Å². The molecule has 232 valence electrons. The van der Waals surface area contributed by atoms with Gasteiger partial charge in [0.05, 0.1) is 24.2 Å². The van der Waals surface area contributed by atoms with E-state index in [9.17, 15) is 13.2 Å². The fourth-order valence-corrected chi connectivity index (χ4v) is 6.25. The van der Waals surface area contributed by atoms with Crippen LogP contribution in [0.25, 0.3) is 17.0 Å². The van der Waals surface area contributed by atoms with E-state index < -0.39 is 12.2 Å². The molecule has 7 rings (SSSR count). The number of para-hydroxylation sites is 2. The number of hydrogen-bond acceptors (Lipinski definition) is 8. The lowest BCUT2D eigenvalue weighted by Gasteiger charge is -2.40. The van der Waals surface area contributed by atoms with E-state index in [1.165, 1.54) is 16.7 Å². The standard InChI is InChI=1S/C32H30BrF3N8O/c33-21-5-9-23(10-6-21)43(24-11-7-22(34)8-12-24)25-13-15-41(16-14-25)30-38-31(42-17-19-45-20-18-42)40-32(39-30)44-27-4-2-1-3-26(27)37-29(44)28(35)36/h1-12,25,28H,13-20H2. The molecule has 13 heteroatoms. The van der Waals surface area contributed by atoms with Crippen LogP contribution in [-0.2, 0) is 4.74 Å².